The zero-order valence-electron chi connectivity index (χ0n) is 14.1. The smallest absolute Gasteiger partial charge is 0.347 e. The maximum Gasteiger partial charge on any atom is 0.347 e. The van der Waals surface area contributed by atoms with Gasteiger partial charge in [-0.25, -0.2) is 9.78 Å². The van der Waals surface area contributed by atoms with E-state index in [-0.39, 0.29) is 23.1 Å². The number of ether oxygens (including phenoxy) is 1. The van der Waals surface area contributed by atoms with E-state index in [0.29, 0.717) is 22.1 Å². The van der Waals surface area contributed by atoms with E-state index in [1.165, 1.54) is 0 Å². The van der Waals surface area contributed by atoms with E-state index in [0.717, 1.165) is 11.3 Å². The van der Waals surface area contributed by atoms with Crippen LogP contribution in [0.4, 0.5) is 5.69 Å². The fourth-order valence-electron chi connectivity index (χ4n) is 2.56. The molecule has 2 aromatic rings. The number of anilines is 1. The molecule has 0 radical (unpaired) electrons. The molecule has 1 aromatic carbocycles. The third-order valence-corrected chi connectivity index (χ3v) is 5.16. The summed E-state index contributed by atoms with van der Waals surface area (Å²) >= 11 is 1.02. The number of fused-ring (bicyclic) bond motifs is 1. The highest BCUT2D eigenvalue weighted by molar-refractivity contribution is 7.13. The highest BCUT2D eigenvalue weighted by atomic mass is 32.1. The van der Waals surface area contributed by atoms with E-state index in [1.807, 2.05) is 0 Å². The Morgan fingerprint density at radius 1 is 1.42 bits per heavy atom. The van der Waals surface area contributed by atoms with Crippen LogP contribution < -0.4 is 15.4 Å². The number of carbonyl (C=O) groups is 3. The monoisotopic (exact) mass is 375 g/mol. The van der Waals surface area contributed by atoms with Gasteiger partial charge in [0.2, 0.25) is 5.91 Å². The van der Waals surface area contributed by atoms with Crippen LogP contribution in [0.1, 0.15) is 39.8 Å². The van der Waals surface area contributed by atoms with E-state index < -0.39 is 18.1 Å². The summed E-state index contributed by atoms with van der Waals surface area (Å²) in [4.78, 5) is 39.8. The molecule has 26 heavy (non-hydrogen) atoms. The lowest BCUT2D eigenvalue weighted by Gasteiger charge is -2.25. The number of nitrogens with zero attached hydrogens (tertiary/aromatic N) is 1. The van der Waals surface area contributed by atoms with Crippen LogP contribution in [0.25, 0.3) is 0 Å². The standard InChI is InChI=1S/C17H17N3O5S/c1-8-14(17(23)24)26-16(19-8)9(2)18-13(21)7-12-15(22)20-10-5-3-4-6-11(10)25-12/h3-6,9,12H,7H2,1-2H3,(H,18,21)(H,20,22)(H,23,24). The molecule has 0 saturated carbocycles. The van der Waals surface area contributed by atoms with Crippen molar-refractivity contribution in [2.24, 2.45) is 0 Å². The third-order valence-electron chi connectivity index (χ3n) is 3.83. The van der Waals surface area contributed by atoms with Gasteiger partial charge >= 0.3 is 5.97 Å². The van der Waals surface area contributed by atoms with E-state index in [9.17, 15) is 14.4 Å². The lowest BCUT2D eigenvalue weighted by Crippen LogP contribution is -2.41. The van der Waals surface area contributed by atoms with Crippen molar-refractivity contribution < 1.29 is 24.2 Å². The highest BCUT2D eigenvalue weighted by Gasteiger charge is 2.30. The Morgan fingerprint density at radius 3 is 2.85 bits per heavy atom. The van der Waals surface area contributed by atoms with E-state index in [1.54, 1.807) is 38.1 Å². The maximum atomic E-state index is 12.3. The Morgan fingerprint density at radius 2 is 2.15 bits per heavy atom. The molecule has 1 aliphatic heterocycles. The second kappa shape index (κ2) is 7.12. The number of hydrogen-bond donors (Lipinski definition) is 3. The Labute approximate surface area is 153 Å². The van der Waals surface area contributed by atoms with Gasteiger partial charge in [-0.15, -0.1) is 11.3 Å². The first kappa shape index (κ1) is 17.9. The van der Waals surface area contributed by atoms with E-state index in [4.69, 9.17) is 9.84 Å². The quantitative estimate of drug-likeness (QED) is 0.737. The number of thiazole rings is 1. The molecule has 136 valence electrons. The summed E-state index contributed by atoms with van der Waals surface area (Å²) in [6.07, 6.45) is -1.08. The number of rotatable bonds is 5. The minimum absolute atomic E-state index is 0.146. The number of benzene rings is 1. The van der Waals surface area contributed by atoms with E-state index in [2.05, 4.69) is 15.6 Å². The fraction of sp³-hybridized carbons (Fsp3) is 0.294. The molecular weight excluding hydrogens is 358 g/mol. The fourth-order valence-corrected chi connectivity index (χ4v) is 3.47. The van der Waals surface area contributed by atoms with Gasteiger partial charge in [-0.3, -0.25) is 9.59 Å². The number of hydrogen-bond acceptors (Lipinski definition) is 6. The second-order valence-electron chi connectivity index (χ2n) is 5.86. The van der Waals surface area contributed by atoms with Gasteiger partial charge in [-0.1, -0.05) is 12.1 Å². The lowest BCUT2D eigenvalue weighted by molar-refractivity contribution is -0.130. The van der Waals surface area contributed by atoms with Gasteiger partial charge in [0, 0.05) is 0 Å². The van der Waals surface area contributed by atoms with Crippen molar-refractivity contribution in [3.8, 4) is 5.75 Å². The third kappa shape index (κ3) is 3.67. The predicted molar refractivity (Wildman–Crippen MR) is 94.5 cm³/mol. The highest BCUT2D eigenvalue weighted by Crippen LogP contribution is 2.30. The van der Waals surface area contributed by atoms with Crippen molar-refractivity contribution in [1.82, 2.24) is 10.3 Å². The molecule has 0 aliphatic carbocycles. The van der Waals surface area contributed by atoms with Crippen LogP contribution in [0.3, 0.4) is 0 Å². The molecule has 0 bridgehead atoms. The van der Waals surface area contributed by atoms with Crippen molar-refractivity contribution in [2.75, 3.05) is 5.32 Å². The second-order valence-corrected chi connectivity index (χ2v) is 6.89. The molecular formula is C17H17N3O5S. The first-order valence-electron chi connectivity index (χ1n) is 7.91. The molecule has 0 spiro atoms. The number of carboxylic acid groups (broad SMARTS) is 1. The predicted octanol–water partition coefficient (Wildman–Crippen LogP) is 2.12. The average molecular weight is 375 g/mol. The first-order valence-corrected chi connectivity index (χ1v) is 8.73. The van der Waals surface area contributed by atoms with Gasteiger partial charge in [0.25, 0.3) is 5.91 Å². The molecule has 8 nitrogen and oxygen atoms in total. The minimum Gasteiger partial charge on any atom is -0.478 e. The minimum atomic E-state index is -1.05. The van der Waals surface area contributed by atoms with Crippen LogP contribution in [0.15, 0.2) is 24.3 Å². The molecule has 3 rings (SSSR count). The number of aryl methyl sites for hydroxylation is 1. The Kier molecular flexibility index (Phi) is 4.90. The van der Waals surface area contributed by atoms with Crippen LogP contribution in [-0.4, -0.2) is 34.0 Å². The number of amides is 2. The summed E-state index contributed by atoms with van der Waals surface area (Å²) in [5.41, 5.74) is 0.979. The molecule has 1 aromatic heterocycles. The summed E-state index contributed by atoms with van der Waals surface area (Å²) < 4.78 is 5.59. The van der Waals surface area contributed by atoms with Gasteiger partial charge in [0.1, 0.15) is 15.6 Å². The average Bonchev–Trinajstić information content (AvgIpc) is 2.97. The summed E-state index contributed by atoms with van der Waals surface area (Å²) in [6.45, 7) is 3.31. The van der Waals surface area contributed by atoms with Crippen LogP contribution in [0.2, 0.25) is 0 Å². The Bertz CT molecular complexity index is 879. The van der Waals surface area contributed by atoms with Crippen molar-refractivity contribution in [2.45, 2.75) is 32.4 Å². The van der Waals surface area contributed by atoms with Crippen LogP contribution >= 0.6 is 11.3 Å². The van der Waals surface area contributed by atoms with Gasteiger partial charge in [0.05, 0.1) is 23.8 Å². The SMILES string of the molecule is Cc1nc(C(C)NC(=O)CC2Oc3ccccc3NC2=O)sc1C(=O)O. The summed E-state index contributed by atoms with van der Waals surface area (Å²) in [6, 6.07) is 6.52. The van der Waals surface area contributed by atoms with Crippen molar-refractivity contribution in [1.29, 1.82) is 0 Å². The zero-order chi connectivity index (χ0) is 18.8. The number of carboxylic acids is 1. The normalized spacial score (nSPS) is 16.8. The molecule has 2 amide bonds. The van der Waals surface area contributed by atoms with Crippen LogP contribution in [0, 0.1) is 6.92 Å². The van der Waals surface area contributed by atoms with Gasteiger partial charge in [-0.05, 0) is 26.0 Å². The summed E-state index contributed by atoms with van der Waals surface area (Å²) in [5, 5.41) is 15.0. The van der Waals surface area contributed by atoms with Crippen molar-refractivity contribution >= 4 is 34.8 Å². The number of aromatic nitrogens is 1. The molecule has 1 aliphatic rings. The molecule has 0 fully saturated rings. The van der Waals surface area contributed by atoms with Gasteiger partial charge in [0.15, 0.2) is 6.10 Å². The Balaban J connectivity index is 1.63. The van der Waals surface area contributed by atoms with E-state index >= 15 is 0 Å². The van der Waals surface area contributed by atoms with Crippen molar-refractivity contribution in [3.63, 3.8) is 0 Å². The van der Waals surface area contributed by atoms with Crippen LogP contribution in [-0.2, 0) is 9.59 Å². The first-order chi connectivity index (χ1) is 12.3. The molecule has 2 atom stereocenters. The summed E-state index contributed by atoms with van der Waals surface area (Å²) in [7, 11) is 0. The molecule has 2 heterocycles. The molecule has 9 heteroatoms. The van der Waals surface area contributed by atoms with Gasteiger partial charge < -0.3 is 20.5 Å². The molecule has 3 N–H and O–H groups in total. The lowest BCUT2D eigenvalue weighted by atomic mass is 10.1. The van der Waals surface area contributed by atoms with Crippen molar-refractivity contribution in [3.05, 3.63) is 39.8 Å². The number of nitrogens with one attached hydrogen (secondary N) is 2. The largest absolute Gasteiger partial charge is 0.478 e. The van der Waals surface area contributed by atoms with Crippen LogP contribution in [0.5, 0.6) is 5.75 Å². The molecule has 2 unspecified atom stereocenters. The maximum absolute atomic E-state index is 12.3. The zero-order valence-corrected chi connectivity index (χ0v) is 14.9. The summed E-state index contributed by atoms with van der Waals surface area (Å²) in [5.74, 6) is -1.30. The Hall–Kier alpha value is -2.94. The number of carbonyl (C=O) groups excluding carboxylic acids is 2. The molecule has 0 saturated heterocycles. The van der Waals surface area contributed by atoms with Gasteiger partial charge in [-0.2, -0.15) is 0 Å². The topological polar surface area (TPSA) is 118 Å². The number of para-hydroxylation sites is 2. The number of aromatic carboxylic acids is 1.